The fourth-order valence-electron chi connectivity index (χ4n) is 1.80. The second-order valence-corrected chi connectivity index (χ2v) is 5.55. The van der Waals surface area contributed by atoms with E-state index in [1.54, 1.807) is 0 Å². The van der Waals surface area contributed by atoms with Gasteiger partial charge in [-0.25, -0.2) is 4.68 Å². The van der Waals surface area contributed by atoms with Crippen molar-refractivity contribution in [3.63, 3.8) is 0 Å². The van der Waals surface area contributed by atoms with Gasteiger partial charge in [-0.2, -0.15) is 5.10 Å². The molecule has 1 aromatic heterocycles. The molecule has 0 unspecified atom stereocenters. The van der Waals surface area contributed by atoms with Crippen molar-refractivity contribution in [1.82, 2.24) is 9.78 Å². The maximum absolute atomic E-state index is 6.05. The molecule has 0 aliphatic heterocycles. The summed E-state index contributed by atoms with van der Waals surface area (Å²) in [6, 6.07) is 0.338. The average molecular weight is 222 g/mol. The van der Waals surface area contributed by atoms with Crippen LogP contribution in [0.3, 0.4) is 0 Å². The third-order valence-corrected chi connectivity index (χ3v) is 3.41. The normalized spacial score (nSPS) is 17.8. The zero-order chi connectivity index (χ0) is 11.9. The molecule has 16 heavy (non-hydrogen) atoms. The molecule has 1 aliphatic rings. The molecule has 0 radical (unpaired) electrons. The van der Waals surface area contributed by atoms with Gasteiger partial charge in [-0.15, -0.1) is 0 Å². The standard InChI is InChI=1S/C12H22N4/c1-8(2)16-11(10(13)9(3)15-16)14-7-12(4)5-6-12/h8,14H,5-7,13H2,1-4H3. The van der Waals surface area contributed by atoms with Crippen LogP contribution in [0.25, 0.3) is 0 Å². The fourth-order valence-corrected chi connectivity index (χ4v) is 1.80. The Bertz CT molecular complexity index is 388. The van der Waals surface area contributed by atoms with Crippen LogP contribution in [0.4, 0.5) is 11.5 Å². The highest BCUT2D eigenvalue weighted by molar-refractivity contribution is 5.65. The molecule has 1 aromatic rings. The lowest BCUT2D eigenvalue weighted by Gasteiger charge is -2.15. The van der Waals surface area contributed by atoms with Gasteiger partial charge < -0.3 is 11.1 Å². The third-order valence-electron chi connectivity index (χ3n) is 3.41. The Balaban J connectivity index is 2.17. The molecule has 0 spiro atoms. The number of hydrogen-bond donors (Lipinski definition) is 2. The lowest BCUT2D eigenvalue weighted by Crippen LogP contribution is -2.17. The molecule has 2 rings (SSSR count). The maximum atomic E-state index is 6.05. The van der Waals surface area contributed by atoms with Gasteiger partial charge in [0, 0.05) is 12.6 Å². The van der Waals surface area contributed by atoms with Crippen LogP contribution in [0.1, 0.15) is 45.3 Å². The number of anilines is 2. The van der Waals surface area contributed by atoms with Crippen LogP contribution >= 0.6 is 0 Å². The first-order chi connectivity index (χ1) is 7.43. The Kier molecular flexibility index (Phi) is 2.60. The second-order valence-electron chi connectivity index (χ2n) is 5.55. The van der Waals surface area contributed by atoms with Crippen molar-refractivity contribution in [2.24, 2.45) is 5.41 Å². The molecule has 90 valence electrons. The largest absolute Gasteiger partial charge is 0.394 e. The van der Waals surface area contributed by atoms with E-state index in [1.807, 2.05) is 11.6 Å². The van der Waals surface area contributed by atoms with Gasteiger partial charge in [-0.1, -0.05) is 6.92 Å². The Morgan fingerprint density at radius 3 is 2.62 bits per heavy atom. The number of hydrogen-bond acceptors (Lipinski definition) is 3. The molecule has 4 heteroatoms. The third kappa shape index (κ3) is 2.01. The van der Waals surface area contributed by atoms with Gasteiger partial charge >= 0.3 is 0 Å². The number of rotatable bonds is 4. The van der Waals surface area contributed by atoms with Crippen LogP contribution in [0.15, 0.2) is 0 Å². The Hall–Kier alpha value is -1.19. The van der Waals surface area contributed by atoms with Crippen molar-refractivity contribution >= 4 is 11.5 Å². The van der Waals surface area contributed by atoms with Crippen LogP contribution in [-0.4, -0.2) is 16.3 Å². The summed E-state index contributed by atoms with van der Waals surface area (Å²) in [5.74, 6) is 0.987. The molecule has 1 heterocycles. The molecule has 0 atom stereocenters. The van der Waals surface area contributed by atoms with E-state index in [2.05, 4.69) is 31.2 Å². The Labute approximate surface area is 97.2 Å². The first-order valence-corrected chi connectivity index (χ1v) is 6.01. The minimum absolute atomic E-state index is 0.338. The molecular formula is C12H22N4. The zero-order valence-corrected chi connectivity index (χ0v) is 10.7. The Morgan fingerprint density at radius 1 is 1.50 bits per heavy atom. The van der Waals surface area contributed by atoms with Crippen molar-refractivity contribution in [2.45, 2.75) is 46.6 Å². The minimum atomic E-state index is 0.338. The van der Waals surface area contributed by atoms with Crippen LogP contribution in [0.5, 0.6) is 0 Å². The summed E-state index contributed by atoms with van der Waals surface area (Å²) in [7, 11) is 0. The van der Waals surface area contributed by atoms with Crippen LogP contribution in [0.2, 0.25) is 0 Å². The molecule has 3 N–H and O–H groups in total. The summed E-state index contributed by atoms with van der Waals surface area (Å²) >= 11 is 0. The van der Waals surface area contributed by atoms with Gasteiger partial charge in [0.15, 0.2) is 0 Å². The first kappa shape index (κ1) is 11.3. The predicted molar refractivity (Wildman–Crippen MR) is 67.6 cm³/mol. The predicted octanol–water partition coefficient (Wildman–Crippen LogP) is 2.57. The van der Waals surface area contributed by atoms with Gasteiger partial charge in [0.05, 0.1) is 11.4 Å². The highest BCUT2D eigenvalue weighted by atomic mass is 15.4. The number of aryl methyl sites for hydroxylation is 1. The quantitative estimate of drug-likeness (QED) is 0.823. The van der Waals surface area contributed by atoms with Crippen molar-refractivity contribution in [3.05, 3.63) is 5.69 Å². The Morgan fingerprint density at radius 2 is 2.12 bits per heavy atom. The first-order valence-electron chi connectivity index (χ1n) is 6.01. The molecule has 0 amide bonds. The number of nitrogens with zero attached hydrogens (tertiary/aromatic N) is 2. The van der Waals surface area contributed by atoms with Gasteiger partial charge in [0.1, 0.15) is 5.82 Å². The molecular weight excluding hydrogens is 200 g/mol. The lowest BCUT2D eigenvalue weighted by atomic mass is 10.1. The smallest absolute Gasteiger partial charge is 0.148 e. The number of nitrogens with two attached hydrogens (primary N) is 1. The van der Waals surface area contributed by atoms with E-state index in [0.717, 1.165) is 23.7 Å². The summed E-state index contributed by atoms with van der Waals surface area (Å²) in [5.41, 5.74) is 8.23. The number of nitrogens with one attached hydrogen (secondary N) is 1. The van der Waals surface area contributed by atoms with E-state index < -0.39 is 0 Å². The minimum Gasteiger partial charge on any atom is -0.394 e. The summed E-state index contributed by atoms with van der Waals surface area (Å²) in [6.45, 7) is 9.50. The summed E-state index contributed by atoms with van der Waals surface area (Å²) < 4.78 is 1.98. The lowest BCUT2D eigenvalue weighted by molar-refractivity contribution is 0.527. The highest BCUT2D eigenvalue weighted by Gasteiger charge is 2.37. The molecule has 1 saturated carbocycles. The van der Waals surface area contributed by atoms with Gasteiger partial charge in [0.2, 0.25) is 0 Å². The second kappa shape index (κ2) is 3.68. The zero-order valence-electron chi connectivity index (χ0n) is 10.7. The fraction of sp³-hybridized carbons (Fsp3) is 0.750. The van der Waals surface area contributed by atoms with Gasteiger partial charge in [-0.05, 0) is 39.0 Å². The van der Waals surface area contributed by atoms with Crippen molar-refractivity contribution in [1.29, 1.82) is 0 Å². The van der Waals surface area contributed by atoms with Crippen molar-refractivity contribution in [3.8, 4) is 0 Å². The van der Waals surface area contributed by atoms with Crippen LogP contribution in [-0.2, 0) is 0 Å². The van der Waals surface area contributed by atoms with Crippen molar-refractivity contribution in [2.75, 3.05) is 17.6 Å². The van der Waals surface area contributed by atoms with E-state index >= 15 is 0 Å². The van der Waals surface area contributed by atoms with Crippen LogP contribution in [0, 0.1) is 12.3 Å². The summed E-state index contributed by atoms with van der Waals surface area (Å²) in [4.78, 5) is 0. The molecule has 0 saturated heterocycles. The summed E-state index contributed by atoms with van der Waals surface area (Å²) in [5, 5.41) is 7.92. The average Bonchev–Trinajstić information content (AvgIpc) is 2.87. The van der Waals surface area contributed by atoms with Crippen LogP contribution < -0.4 is 11.1 Å². The van der Waals surface area contributed by atoms with E-state index in [0.29, 0.717) is 11.5 Å². The summed E-state index contributed by atoms with van der Waals surface area (Å²) in [6.07, 6.45) is 2.63. The van der Waals surface area contributed by atoms with E-state index in [9.17, 15) is 0 Å². The van der Waals surface area contributed by atoms with Crippen molar-refractivity contribution < 1.29 is 0 Å². The van der Waals surface area contributed by atoms with Gasteiger partial charge in [-0.3, -0.25) is 0 Å². The topological polar surface area (TPSA) is 55.9 Å². The molecule has 1 aliphatic carbocycles. The molecule has 4 nitrogen and oxygen atoms in total. The number of aromatic nitrogens is 2. The van der Waals surface area contributed by atoms with E-state index in [-0.39, 0.29) is 0 Å². The molecule has 0 aromatic carbocycles. The maximum Gasteiger partial charge on any atom is 0.148 e. The van der Waals surface area contributed by atoms with Gasteiger partial charge in [0.25, 0.3) is 0 Å². The molecule has 1 fully saturated rings. The number of nitrogen functional groups attached to an aromatic ring is 1. The van der Waals surface area contributed by atoms with E-state index in [4.69, 9.17) is 5.73 Å². The SMILES string of the molecule is Cc1nn(C(C)C)c(NCC2(C)CC2)c1N. The highest BCUT2D eigenvalue weighted by Crippen LogP contribution is 2.45. The van der Waals surface area contributed by atoms with E-state index in [1.165, 1.54) is 12.8 Å². The molecule has 0 bridgehead atoms. The monoisotopic (exact) mass is 222 g/mol.